The summed E-state index contributed by atoms with van der Waals surface area (Å²) in [5, 5.41) is 2.26. The Labute approximate surface area is 173 Å². The van der Waals surface area contributed by atoms with Gasteiger partial charge in [-0.05, 0) is 52.4 Å². The number of rotatable bonds is 16. The van der Waals surface area contributed by atoms with Crippen molar-refractivity contribution in [2.75, 3.05) is 0 Å². The molecule has 0 aliphatic carbocycles. The molecule has 0 spiro atoms. The van der Waals surface area contributed by atoms with Crippen molar-refractivity contribution in [2.45, 2.75) is 122 Å². The number of carbonyl (C=O) groups is 1. The highest BCUT2D eigenvalue weighted by Crippen LogP contribution is 2.29. The van der Waals surface area contributed by atoms with Gasteiger partial charge in [0.05, 0.1) is 11.3 Å². The Balaban J connectivity index is 4.83. The number of nitrogens with two attached hydrogens (primary N) is 1. The summed E-state index contributed by atoms with van der Waals surface area (Å²) in [6, 6.07) is -0.532. The Morgan fingerprint density at radius 2 is 1.54 bits per heavy atom. The summed E-state index contributed by atoms with van der Waals surface area (Å²) in [5.41, 5.74) is 5.38. The van der Waals surface area contributed by atoms with Crippen LogP contribution in [0.4, 0.5) is 0 Å². The summed E-state index contributed by atoms with van der Waals surface area (Å²) in [6.45, 7) is 9.58. The molecule has 7 heteroatoms. The molecule has 28 heavy (non-hydrogen) atoms. The Kier molecular flexibility index (Phi) is 13.2. The van der Waals surface area contributed by atoms with E-state index in [1.807, 2.05) is 20.8 Å². The molecule has 0 aliphatic heterocycles. The minimum Gasteiger partial charge on any atom is -0.350 e. The number of nitrogens with one attached hydrogen (secondary N) is 1. The second-order valence-corrected chi connectivity index (χ2v) is 10.6. The third-order valence-corrected chi connectivity index (χ3v) is 7.08. The van der Waals surface area contributed by atoms with E-state index in [4.69, 9.17) is 5.73 Å². The van der Waals surface area contributed by atoms with Crippen molar-refractivity contribution in [2.24, 2.45) is 11.7 Å². The fourth-order valence-electron chi connectivity index (χ4n) is 3.50. The van der Waals surface area contributed by atoms with Crippen molar-refractivity contribution < 1.29 is 17.8 Å². The first-order valence-corrected chi connectivity index (χ1v) is 12.5. The van der Waals surface area contributed by atoms with Crippen molar-refractivity contribution in [3.63, 3.8) is 0 Å². The van der Waals surface area contributed by atoms with E-state index in [-0.39, 0.29) is 11.8 Å². The van der Waals surface area contributed by atoms with Crippen LogP contribution >= 0.6 is 0 Å². The van der Waals surface area contributed by atoms with E-state index in [1.54, 1.807) is 0 Å². The fraction of sp³-hybridized carbons (Fsp3) is 0.952. The SMILES string of the molecule is CCCCCCCCCC(CCC(C)S(=O)(=O)O)C(C)(C)NC(=O)C(N)CC. The van der Waals surface area contributed by atoms with Gasteiger partial charge in [-0.2, -0.15) is 8.42 Å². The predicted octanol–water partition coefficient (Wildman–Crippen LogP) is 4.43. The van der Waals surface area contributed by atoms with Crippen LogP contribution < -0.4 is 11.1 Å². The van der Waals surface area contributed by atoms with Crippen LogP contribution in [0.5, 0.6) is 0 Å². The molecule has 0 bridgehead atoms. The van der Waals surface area contributed by atoms with Gasteiger partial charge in [0.2, 0.25) is 5.91 Å². The Morgan fingerprint density at radius 1 is 1.00 bits per heavy atom. The first kappa shape index (κ1) is 27.3. The topological polar surface area (TPSA) is 109 Å². The lowest BCUT2D eigenvalue weighted by molar-refractivity contribution is -0.124. The number of unbranched alkanes of at least 4 members (excludes halogenated alkanes) is 6. The van der Waals surface area contributed by atoms with Crippen LogP contribution in [0.1, 0.15) is 105 Å². The molecule has 0 fully saturated rings. The van der Waals surface area contributed by atoms with Gasteiger partial charge in [0, 0.05) is 5.54 Å². The van der Waals surface area contributed by atoms with E-state index >= 15 is 0 Å². The van der Waals surface area contributed by atoms with Crippen molar-refractivity contribution >= 4 is 16.0 Å². The maximum absolute atomic E-state index is 12.3. The van der Waals surface area contributed by atoms with Gasteiger partial charge in [-0.1, -0.05) is 58.8 Å². The predicted molar refractivity (Wildman–Crippen MR) is 117 cm³/mol. The van der Waals surface area contributed by atoms with Gasteiger partial charge < -0.3 is 11.1 Å². The van der Waals surface area contributed by atoms with Gasteiger partial charge in [-0.15, -0.1) is 0 Å². The summed E-state index contributed by atoms with van der Waals surface area (Å²) in [5.74, 6) is -0.0414. The standard InChI is InChI=1S/C21H44N2O4S/c1-6-8-9-10-11-12-13-14-18(16-15-17(3)28(25,26)27)21(4,5)23-20(24)19(22)7-2/h17-19H,6-16,22H2,1-5H3,(H,23,24)(H,25,26,27). The third-order valence-electron chi connectivity index (χ3n) is 5.83. The monoisotopic (exact) mass is 420 g/mol. The molecule has 0 radical (unpaired) electrons. The van der Waals surface area contributed by atoms with Crippen LogP contribution in [0.25, 0.3) is 0 Å². The van der Waals surface area contributed by atoms with E-state index in [0.717, 1.165) is 19.3 Å². The largest absolute Gasteiger partial charge is 0.350 e. The molecule has 0 saturated heterocycles. The lowest BCUT2D eigenvalue weighted by Crippen LogP contribution is -2.54. The van der Waals surface area contributed by atoms with Crippen LogP contribution in [0, 0.1) is 5.92 Å². The van der Waals surface area contributed by atoms with Gasteiger partial charge in [0.25, 0.3) is 10.1 Å². The molecule has 0 heterocycles. The lowest BCUT2D eigenvalue weighted by Gasteiger charge is -2.37. The van der Waals surface area contributed by atoms with E-state index < -0.39 is 26.9 Å². The Hall–Kier alpha value is -0.660. The quantitative estimate of drug-likeness (QED) is 0.253. The molecule has 0 saturated carbocycles. The molecule has 168 valence electrons. The average molecular weight is 421 g/mol. The molecular formula is C21H44N2O4S. The minimum absolute atomic E-state index is 0.125. The van der Waals surface area contributed by atoms with Gasteiger partial charge >= 0.3 is 0 Å². The van der Waals surface area contributed by atoms with E-state index in [1.165, 1.54) is 39.0 Å². The second-order valence-electron chi connectivity index (χ2n) is 8.74. The van der Waals surface area contributed by atoms with Crippen LogP contribution in [0.15, 0.2) is 0 Å². The molecule has 3 atom stereocenters. The van der Waals surface area contributed by atoms with Crippen molar-refractivity contribution in [1.82, 2.24) is 5.32 Å². The number of carbonyl (C=O) groups excluding carboxylic acids is 1. The number of hydrogen-bond donors (Lipinski definition) is 3. The molecular weight excluding hydrogens is 376 g/mol. The van der Waals surface area contributed by atoms with Crippen LogP contribution in [-0.4, -0.2) is 35.7 Å². The lowest BCUT2D eigenvalue weighted by atomic mass is 9.79. The molecule has 0 aliphatic rings. The number of amides is 1. The molecule has 0 aromatic carbocycles. The maximum Gasteiger partial charge on any atom is 0.267 e. The normalized spacial score (nSPS) is 15.8. The van der Waals surface area contributed by atoms with Crippen LogP contribution in [-0.2, 0) is 14.9 Å². The Bertz CT molecular complexity index is 535. The van der Waals surface area contributed by atoms with Crippen LogP contribution in [0.2, 0.25) is 0 Å². The van der Waals surface area contributed by atoms with Crippen molar-refractivity contribution in [1.29, 1.82) is 0 Å². The highest BCUT2D eigenvalue weighted by atomic mass is 32.2. The van der Waals surface area contributed by atoms with Gasteiger partial charge in [-0.25, -0.2) is 0 Å². The summed E-state index contributed by atoms with van der Waals surface area (Å²) in [4.78, 5) is 12.3. The minimum atomic E-state index is -4.03. The molecule has 0 rings (SSSR count). The molecule has 3 unspecified atom stereocenters. The zero-order valence-corrected chi connectivity index (χ0v) is 19.5. The molecule has 0 aromatic rings. The highest BCUT2D eigenvalue weighted by molar-refractivity contribution is 7.86. The third kappa shape index (κ3) is 11.4. The van der Waals surface area contributed by atoms with Gasteiger partial charge in [0.15, 0.2) is 0 Å². The van der Waals surface area contributed by atoms with E-state index in [2.05, 4.69) is 12.2 Å². The smallest absolute Gasteiger partial charge is 0.267 e. The van der Waals surface area contributed by atoms with Gasteiger partial charge in [-0.3, -0.25) is 9.35 Å². The Morgan fingerprint density at radius 3 is 2.04 bits per heavy atom. The molecule has 4 N–H and O–H groups in total. The first-order valence-electron chi connectivity index (χ1n) is 11.0. The summed E-state index contributed by atoms with van der Waals surface area (Å²) < 4.78 is 32.0. The van der Waals surface area contributed by atoms with Crippen molar-refractivity contribution in [3.8, 4) is 0 Å². The van der Waals surface area contributed by atoms with E-state index in [0.29, 0.717) is 19.3 Å². The highest BCUT2D eigenvalue weighted by Gasteiger charge is 2.32. The second kappa shape index (κ2) is 13.5. The van der Waals surface area contributed by atoms with Crippen molar-refractivity contribution in [3.05, 3.63) is 0 Å². The summed E-state index contributed by atoms with van der Waals surface area (Å²) >= 11 is 0. The van der Waals surface area contributed by atoms with E-state index in [9.17, 15) is 17.8 Å². The first-order chi connectivity index (χ1) is 13.0. The van der Waals surface area contributed by atoms with Crippen LogP contribution in [0.3, 0.4) is 0 Å². The number of hydrogen-bond acceptors (Lipinski definition) is 4. The van der Waals surface area contributed by atoms with Gasteiger partial charge in [0.1, 0.15) is 0 Å². The molecule has 6 nitrogen and oxygen atoms in total. The fourth-order valence-corrected chi connectivity index (χ4v) is 3.93. The average Bonchev–Trinajstić information content (AvgIpc) is 2.60. The molecule has 0 aromatic heterocycles. The molecule has 1 amide bonds. The zero-order chi connectivity index (χ0) is 21.8. The summed E-state index contributed by atoms with van der Waals surface area (Å²) in [7, 11) is -4.03. The maximum atomic E-state index is 12.3. The summed E-state index contributed by atoms with van der Waals surface area (Å²) in [6.07, 6.45) is 11.0. The zero-order valence-electron chi connectivity index (χ0n) is 18.7.